The molecule has 2 rings (SSSR count). The van der Waals surface area contributed by atoms with Gasteiger partial charge in [-0.05, 0) is 17.7 Å². The minimum atomic E-state index is -1.04. The topological polar surface area (TPSA) is 85.3 Å². The van der Waals surface area contributed by atoms with Gasteiger partial charge in [-0.15, -0.1) is 0 Å². The van der Waals surface area contributed by atoms with Crippen molar-refractivity contribution in [1.82, 2.24) is 4.57 Å². The summed E-state index contributed by atoms with van der Waals surface area (Å²) in [6.45, 7) is -0.331. The van der Waals surface area contributed by atoms with Gasteiger partial charge in [-0.25, -0.2) is 0 Å². The Kier molecular flexibility index (Phi) is 2.97. The van der Waals surface area contributed by atoms with Gasteiger partial charge in [-0.3, -0.25) is 14.2 Å². The van der Waals surface area contributed by atoms with E-state index < -0.39 is 5.97 Å². The maximum atomic E-state index is 11.5. The highest BCUT2D eigenvalue weighted by atomic mass is 32.1. The monoisotopic (exact) mass is 250 g/mol. The standard InChI is InChI=1S/C11H10N2O3S/c12-8-3-1-7(2-4-8)9-6-17-11(16)13(9)5-10(14)15/h1-4,6H,5,12H2,(H,14,15). The number of hydrogen-bond donors (Lipinski definition) is 2. The summed E-state index contributed by atoms with van der Waals surface area (Å²) in [7, 11) is 0. The fourth-order valence-corrected chi connectivity index (χ4v) is 2.26. The Labute approximate surface area is 101 Å². The van der Waals surface area contributed by atoms with Gasteiger partial charge in [-0.1, -0.05) is 23.5 Å². The minimum Gasteiger partial charge on any atom is -0.480 e. The third-order valence-electron chi connectivity index (χ3n) is 2.28. The highest BCUT2D eigenvalue weighted by molar-refractivity contribution is 7.07. The van der Waals surface area contributed by atoms with Crippen molar-refractivity contribution in [3.63, 3.8) is 0 Å². The molecule has 1 heterocycles. The number of anilines is 1. The molecule has 0 aliphatic carbocycles. The van der Waals surface area contributed by atoms with Gasteiger partial charge in [0.2, 0.25) is 0 Å². The van der Waals surface area contributed by atoms with Crippen LogP contribution in [-0.4, -0.2) is 15.6 Å². The summed E-state index contributed by atoms with van der Waals surface area (Å²) >= 11 is 0.985. The van der Waals surface area contributed by atoms with Crippen LogP contribution in [0.25, 0.3) is 11.3 Å². The Morgan fingerprint density at radius 3 is 2.59 bits per heavy atom. The predicted molar refractivity (Wildman–Crippen MR) is 66.1 cm³/mol. The number of hydrogen-bond acceptors (Lipinski definition) is 4. The molecule has 0 saturated heterocycles. The summed E-state index contributed by atoms with van der Waals surface area (Å²) in [5.74, 6) is -1.04. The molecule has 1 aromatic heterocycles. The Morgan fingerprint density at radius 2 is 2.00 bits per heavy atom. The SMILES string of the molecule is Nc1ccc(-c2csc(=O)n2CC(=O)O)cc1. The van der Waals surface area contributed by atoms with E-state index in [0.29, 0.717) is 11.4 Å². The van der Waals surface area contributed by atoms with Crippen LogP contribution in [0, 0.1) is 0 Å². The fourth-order valence-electron chi connectivity index (χ4n) is 1.49. The summed E-state index contributed by atoms with van der Waals surface area (Å²) in [5.41, 5.74) is 7.57. The van der Waals surface area contributed by atoms with Crippen LogP contribution in [0.4, 0.5) is 5.69 Å². The van der Waals surface area contributed by atoms with Crippen LogP contribution in [0.15, 0.2) is 34.4 Å². The van der Waals surface area contributed by atoms with Crippen LogP contribution in [0.3, 0.4) is 0 Å². The molecule has 0 unspecified atom stereocenters. The zero-order valence-electron chi connectivity index (χ0n) is 8.79. The molecule has 0 amide bonds. The van der Waals surface area contributed by atoms with E-state index in [1.807, 2.05) is 0 Å². The first-order valence-electron chi connectivity index (χ1n) is 4.84. The van der Waals surface area contributed by atoms with Crippen LogP contribution in [-0.2, 0) is 11.3 Å². The van der Waals surface area contributed by atoms with E-state index in [1.165, 1.54) is 4.57 Å². The van der Waals surface area contributed by atoms with E-state index in [1.54, 1.807) is 29.6 Å². The first kappa shape index (κ1) is 11.4. The molecule has 1 aromatic carbocycles. The van der Waals surface area contributed by atoms with Gasteiger partial charge in [0.25, 0.3) is 0 Å². The second kappa shape index (κ2) is 4.42. The highest BCUT2D eigenvalue weighted by Gasteiger charge is 2.11. The average molecular weight is 250 g/mol. The predicted octanol–water partition coefficient (Wildman–Crippen LogP) is 1.24. The van der Waals surface area contributed by atoms with Crippen LogP contribution in [0.1, 0.15) is 0 Å². The van der Waals surface area contributed by atoms with Gasteiger partial charge in [0.1, 0.15) is 6.54 Å². The molecule has 2 aromatic rings. The lowest BCUT2D eigenvalue weighted by Crippen LogP contribution is -2.19. The van der Waals surface area contributed by atoms with Crippen LogP contribution >= 0.6 is 11.3 Å². The number of nitrogens with two attached hydrogens (primary N) is 1. The van der Waals surface area contributed by atoms with Gasteiger partial charge in [0.05, 0.1) is 5.69 Å². The molecule has 0 fully saturated rings. The fraction of sp³-hybridized carbons (Fsp3) is 0.0909. The molecule has 0 atom stereocenters. The van der Waals surface area contributed by atoms with Crippen molar-refractivity contribution in [2.75, 3.05) is 5.73 Å². The number of benzene rings is 1. The zero-order valence-corrected chi connectivity index (χ0v) is 9.61. The largest absolute Gasteiger partial charge is 0.480 e. The van der Waals surface area contributed by atoms with E-state index in [-0.39, 0.29) is 11.4 Å². The van der Waals surface area contributed by atoms with Gasteiger partial charge in [0.15, 0.2) is 0 Å². The second-order valence-electron chi connectivity index (χ2n) is 3.49. The maximum absolute atomic E-state index is 11.5. The molecule has 5 nitrogen and oxygen atoms in total. The van der Waals surface area contributed by atoms with Crippen molar-refractivity contribution in [2.24, 2.45) is 0 Å². The Hall–Kier alpha value is -2.08. The summed E-state index contributed by atoms with van der Waals surface area (Å²) in [5, 5.41) is 10.4. The Balaban J connectivity index is 2.48. The first-order valence-corrected chi connectivity index (χ1v) is 5.72. The van der Waals surface area contributed by atoms with Crippen LogP contribution in [0.5, 0.6) is 0 Å². The molecular formula is C11H10N2O3S. The first-order chi connectivity index (χ1) is 8.08. The van der Waals surface area contributed by atoms with Crippen molar-refractivity contribution < 1.29 is 9.90 Å². The molecule has 0 aliphatic heterocycles. The molecule has 0 aliphatic rings. The Morgan fingerprint density at radius 1 is 1.35 bits per heavy atom. The second-order valence-corrected chi connectivity index (χ2v) is 4.31. The molecule has 0 bridgehead atoms. The quantitative estimate of drug-likeness (QED) is 0.803. The van der Waals surface area contributed by atoms with Crippen molar-refractivity contribution in [3.8, 4) is 11.3 Å². The summed E-state index contributed by atoms with van der Waals surface area (Å²) in [6.07, 6.45) is 0. The van der Waals surface area contributed by atoms with Gasteiger partial charge >= 0.3 is 10.8 Å². The molecule has 88 valence electrons. The highest BCUT2D eigenvalue weighted by Crippen LogP contribution is 2.21. The van der Waals surface area contributed by atoms with E-state index >= 15 is 0 Å². The number of nitrogens with zero attached hydrogens (tertiary/aromatic N) is 1. The van der Waals surface area contributed by atoms with E-state index in [0.717, 1.165) is 16.9 Å². The number of aliphatic carboxylic acids is 1. The van der Waals surface area contributed by atoms with Gasteiger partial charge < -0.3 is 10.8 Å². The number of rotatable bonds is 3. The molecule has 6 heteroatoms. The summed E-state index contributed by atoms with van der Waals surface area (Å²) in [4.78, 5) is 21.9. The lowest BCUT2D eigenvalue weighted by molar-refractivity contribution is -0.137. The van der Waals surface area contributed by atoms with E-state index in [4.69, 9.17) is 10.8 Å². The number of thiazole rings is 1. The average Bonchev–Trinajstić information content (AvgIpc) is 2.61. The third-order valence-corrected chi connectivity index (χ3v) is 3.05. The van der Waals surface area contributed by atoms with E-state index in [2.05, 4.69) is 0 Å². The molecule has 17 heavy (non-hydrogen) atoms. The number of carboxylic acids is 1. The third kappa shape index (κ3) is 2.36. The van der Waals surface area contributed by atoms with Crippen molar-refractivity contribution in [3.05, 3.63) is 39.3 Å². The molecular weight excluding hydrogens is 240 g/mol. The van der Waals surface area contributed by atoms with Crippen LogP contribution < -0.4 is 10.6 Å². The lowest BCUT2D eigenvalue weighted by atomic mass is 10.1. The normalized spacial score (nSPS) is 10.4. The van der Waals surface area contributed by atoms with E-state index in [9.17, 15) is 9.59 Å². The van der Waals surface area contributed by atoms with Gasteiger partial charge in [0, 0.05) is 11.1 Å². The van der Waals surface area contributed by atoms with Gasteiger partial charge in [-0.2, -0.15) is 0 Å². The van der Waals surface area contributed by atoms with Crippen molar-refractivity contribution >= 4 is 23.0 Å². The van der Waals surface area contributed by atoms with Crippen molar-refractivity contribution in [1.29, 1.82) is 0 Å². The summed E-state index contributed by atoms with van der Waals surface area (Å²) in [6, 6.07) is 6.94. The molecule has 0 radical (unpaired) electrons. The number of nitrogen functional groups attached to an aromatic ring is 1. The zero-order chi connectivity index (χ0) is 12.4. The Bertz CT molecular complexity index is 598. The smallest absolute Gasteiger partial charge is 0.323 e. The van der Waals surface area contributed by atoms with Crippen molar-refractivity contribution in [2.45, 2.75) is 6.54 Å². The molecule has 3 N–H and O–H groups in total. The molecule has 0 spiro atoms. The van der Waals surface area contributed by atoms with Crippen LogP contribution in [0.2, 0.25) is 0 Å². The number of carboxylic acid groups (broad SMARTS) is 1. The lowest BCUT2D eigenvalue weighted by Gasteiger charge is -2.05. The number of aromatic nitrogens is 1. The summed E-state index contributed by atoms with van der Waals surface area (Å²) < 4.78 is 1.23. The molecule has 0 saturated carbocycles. The number of carbonyl (C=O) groups is 1. The maximum Gasteiger partial charge on any atom is 0.323 e. The minimum absolute atomic E-state index is 0.278.